The largest absolute Gasteiger partial charge is 0.316 e. The van der Waals surface area contributed by atoms with E-state index in [2.05, 4.69) is 33.0 Å². The molecule has 0 aliphatic carbocycles. The standard InChI is InChI=1S/C14H31N/c1-5-7-8-9-14(11-13(3)4)12-15-10-6-2/h13-15H,5-12H2,1-4H3. The van der Waals surface area contributed by atoms with Gasteiger partial charge < -0.3 is 5.32 Å². The summed E-state index contributed by atoms with van der Waals surface area (Å²) < 4.78 is 0. The zero-order valence-corrected chi connectivity index (χ0v) is 11.3. The summed E-state index contributed by atoms with van der Waals surface area (Å²) in [5, 5.41) is 3.57. The highest BCUT2D eigenvalue weighted by molar-refractivity contribution is 4.64. The van der Waals surface area contributed by atoms with E-state index in [1.165, 1.54) is 51.6 Å². The van der Waals surface area contributed by atoms with Gasteiger partial charge in [0.05, 0.1) is 0 Å². The molecule has 1 heteroatoms. The van der Waals surface area contributed by atoms with Crippen LogP contribution in [0.5, 0.6) is 0 Å². The van der Waals surface area contributed by atoms with Crippen LogP contribution in [0.3, 0.4) is 0 Å². The molecule has 0 radical (unpaired) electrons. The number of unbranched alkanes of at least 4 members (excludes halogenated alkanes) is 2. The third-order valence-corrected chi connectivity index (χ3v) is 2.88. The van der Waals surface area contributed by atoms with Crippen LogP contribution < -0.4 is 5.32 Å². The predicted molar refractivity (Wildman–Crippen MR) is 70.2 cm³/mol. The van der Waals surface area contributed by atoms with Crippen molar-refractivity contribution >= 4 is 0 Å². The Morgan fingerprint density at radius 3 is 2.27 bits per heavy atom. The second-order valence-electron chi connectivity index (χ2n) is 5.20. The van der Waals surface area contributed by atoms with Crippen LogP contribution in [0.2, 0.25) is 0 Å². The fraction of sp³-hybridized carbons (Fsp3) is 1.00. The number of hydrogen-bond donors (Lipinski definition) is 1. The fourth-order valence-corrected chi connectivity index (χ4v) is 2.14. The zero-order chi connectivity index (χ0) is 11.5. The molecule has 1 unspecified atom stereocenters. The van der Waals surface area contributed by atoms with E-state index in [9.17, 15) is 0 Å². The van der Waals surface area contributed by atoms with Crippen LogP contribution in [0.4, 0.5) is 0 Å². The van der Waals surface area contributed by atoms with Gasteiger partial charge in [0.25, 0.3) is 0 Å². The molecule has 0 saturated carbocycles. The second kappa shape index (κ2) is 10.5. The van der Waals surface area contributed by atoms with E-state index in [-0.39, 0.29) is 0 Å². The SMILES string of the molecule is CCCCCC(CNCCC)CC(C)C. The Morgan fingerprint density at radius 2 is 1.73 bits per heavy atom. The van der Waals surface area contributed by atoms with Crippen molar-refractivity contribution < 1.29 is 0 Å². The molecule has 15 heavy (non-hydrogen) atoms. The summed E-state index contributed by atoms with van der Waals surface area (Å²) in [6, 6.07) is 0. The van der Waals surface area contributed by atoms with Crippen LogP contribution in [-0.2, 0) is 0 Å². The topological polar surface area (TPSA) is 12.0 Å². The summed E-state index contributed by atoms with van der Waals surface area (Å²) >= 11 is 0. The van der Waals surface area contributed by atoms with Gasteiger partial charge in [-0.1, -0.05) is 47.0 Å². The summed E-state index contributed by atoms with van der Waals surface area (Å²) in [7, 11) is 0. The van der Waals surface area contributed by atoms with Gasteiger partial charge in [-0.25, -0.2) is 0 Å². The van der Waals surface area contributed by atoms with Gasteiger partial charge in [-0.05, 0) is 44.2 Å². The molecule has 0 spiro atoms. The molecule has 92 valence electrons. The molecule has 0 aliphatic heterocycles. The smallest absolute Gasteiger partial charge is 0.00204 e. The Kier molecular flexibility index (Phi) is 10.4. The maximum absolute atomic E-state index is 3.57. The summed E-state index contributed by atoms with van der Waals surface area (Å²) in [6.45, 7) is 11.6. The average molecular weight is 213 g/mol. The molecule has 1 nitrogen and oxygen atoms in total. The summed E-state index contributed by atoms with van der Waals surface area (Å²) in [6.07, 6.45) is 8.23. The summed E-state index contributed by atoms with van der Waals surface area (Å²) in [5.41, 5.74) is 0. The minimum Gasteiger partial charge on any atom is -0.316 e. The first-order chi connectivity index (χ1) is 7.20. The Hall–Kier alpha value is -0.0400. The van der Waals surface area contributed by atoms with E-state index in [1.54, 1.807) is 0 Å². The highest BCUT2D eigenvalue weighted by Crippen LogP contribution is 2.17. The lowest BCUT2D eigenvalue weighted by molar-refractivity contribution is 0.356. The fourth-order valence-electron chi connectivity index (χ4n) is 2.14. The molecule has 0 amide bonds. The maximum atomic E-state index is 3.57. The number of hydrogen-bond acceptors (Lipinski definition) is 1. The van der Waals surface area contributed by atoms with Crippen molar-refractivity contribution in [3.8, 4) is 0 Å². The Balaban J connectivity index is 3.63. The molecule has 0 rings (SSSR count). The van der Waals surface area contributed by atoms with Gasteiger partial charge >= 0.3 is 0 Å². The third-order valence-electron chi connectivity index (χ3n) is 2.88. The maximum Gasteiger partial charge on any atom is -0.00204 e. The van der Waals surface area contributed by atoms with E-state index in [0.29, 0.717) is 0 Å². The molecule has 1 N–H and O–H groups in total. The van der Waals surface area contributed by atoms with E-state index in [0.717, 1.165) is 11.8 Å². The van der Waals surface area contributed by atoms with Crippen LogP contribution in [0.1, 0.15) is 66.2 Å². The Morgan fingerprint density at radius 1 is 1.00 bits per heavy atom. The van der Waals surface area contributed by atoms with Crippen LogP contribution in [0.15, 0.2) is 0 Å². The molecular weight excluding hydrogens is 182 g/mol. The molecule has 0 bridgehead atoms. The van der Waals surface area contributed by atoms with Gasteiger partial charge in [0.2, 0.25) is 0 Å². The molecule has 1 atom stereocenters. The number of nitrogens with one attached hydrogen (secondary N) is 1. The summed E-state index contributed by atoms with van der Waals surface area (Å²) in [4.78, 5) is 0. The van der Waals surface area contributed by atoms with E-state index >= 15 is 0 Å². The van der Waals surface area contributed by atoms with Crippen molar-refractivity contribution in [2.24, 2.45) is 11.8 Å². The molecule has 0 aromatic carbocycles. The van der Waals surface area contributed by atoms with Crippen molar-refractivity contribution in [2.45, 2.75) is 66.2 Å². The number of rotatable bonds is 10. The normalized spacial score (nSPS) is 13.4. The average Bonchev–Trinajstić information content (AvgIpc) is 2.17. The van der Waals surface area contributed by atoms with E-state index in [1.807, 2.05) is 0 Å². The van der Waals surface area contributed by atoms with Gasteiger partial charge in [0.1, 0.15) is 0 Å². The second-order valence-corrected chi connectivity index (χ2v) is 5.20. The molecule has 0 heterocycles. The van der Waals surface area contributed by atoms with Gasteiger partial charge in [0, 0.05) is 0 Å². The van der Waals surface area contributed by atoms with E-state index < -0.39 is 0 Å². The zero-order valence-electron chi connectivity index (χ0n) is 11.3. The molecule has 0 aromatic heterocycles. The van der Waals surface area contributed by atoms with Gasteiger partial charge in [0.15, 0.2) is 0 Å². The Bertz CT molecular complexity index is 111. The van der Waals surface area contributed by atoms with Crippen LogP contribution in [-0.4, -0.2) is 13.1 Å². The highest BCUT2D eigenvalue weighted by atomic mass is 14.8. The monoisotopic (exact) mass is 213 g/mol. The lowest BCUT2D eigenvalue weighted by Gasteiger charge is -2.19. The van der Waals surface area contributed by atoms with Crippen LogP contribution in [0.25, 0.3) is 0 Å². The molecule has 0 aliphatic rings. The third kappa shape index (κ3) is 10.2. The molecular formula is C14H31N. The minimum atomic E-state index is 0.847. The summed E-state index contributed by atoms with van der Waals surface area (Å²) in [5.74, 6) is 1.75. The first-order valence-electron chi connectivity index (χ1n) is 6.91. The van der Waals surface area contributed by atoms with Crippen LogP contribution in [0, 0.1) is 11.8 Å². The first-order valence-corrected chi connectivity index (χ1v) is 6.91. The predicted octanol–water partition coefficient (Wildman–Crippen LogP) is 4.23. The quantitative estimate of drug-likeness (QED) is 0.536. The Labute approximate surface area is 97.0 Å². The van der Waals surface area contributed by atoms with Gasteiger partial charge in [-0.3, -0.25) is 0 Å². The van der Waals surface area contributed by atoms with Gasteiger partial charge in [-0.2, -0.15) is 0 Å². The lowest BCUT2D eigenvalue weighted by atomic mass is 9.92. The van der Waals surface area contributed by atoms with Crippen molar-refractivity contribution in [2.75, 3.05) is 13.1 Å². The molecule has 0 saturated heterocycles. The molecule has 0 fully saturated rings. The first kappa shape index (κ1) is 15.0. The highest BCUT2D eigenvalue weighted by Gasteiger charge is 2.09. The van der Waals surface area contributed by atoms with Gasteiger partial charge in [-0.15, -0.1) is 0 Å². The van der Waals surface area contributed by atoms with Crippen molar-refractivity contribution in [1.82, 2.24) is 5.32 Å². The van der Waals surface area contributed by atoms with E-state index in [4.69, 9.17) is 0 Å². The van der Waals surface area contributed by atoms with Crippen molar-refractivity contribution in [3.63, 3.8) is 0 Å². The van der Waals surface area contributed by atoms with Crippen molar-refractivity contribution in [1.29, 1.82) is 0 Å². The molecule has 0 aromatic rings. The lowest BCUT2D eigenvalue weighted by Crippen LogP contribution is -2.24. The van der Waals surface area contributed by atoms with Crippen LogP contribution >= 0.6 is 0 Å². The van der Waals surface area contributed by atoms with Crippen molar-refractivity contribution in [3.05, 3.63) is 0 Å². The minimum absolute atomic E-state index is 0.847.